The van der Waals surface area contributed by atoms with Crippen molar-refractivity contribution in [1.29, 1.82) is 0 Å². The van der Waals surface area contributed by atoms with Gasteiger partial charge in [-0.2, -0.15) is 0 Å². The lowest BCUT2D eigenvalue weighted by atomic mass is 10.2. The van der Waals surface area contributed by atoms with Crippen molar-refractivity contribution >= 4 is 34.1 Å². The summed E-state index contributed by atoms with van der Waals surface area (Å²) in [5, 5.41) is 7.63. The number of hydrogen-bond donors (Lipinski definition) is 2. The second kappa shape index (κ2) is 8.13. The van der Waals surface area contributed by atoms with Crippen molar-refractivity contribution in [3.63, 3.8) is 0 Å². The first-order valence-corrected chi connectivity index (χ1v) is 9.17. The normalized spacial score (nSPS) is 15.5. The first-order chi connectivity index (χ1) is 12.5. The van der Waals surface area contributed by atoms with Crippen LogP contribution in [-0.2, 0) is 4.79 Å². The Kier molecular flexibility index (Phi) is 5.67. The number of carbonyl (C=O) groups is 2. The maximum atomic E-state index is 13.0. The summed E-state index contributed by atoms with van der Waals surface area (Å²) in [6.07, 6.45) is 1.60. The number of carbonyl (C=O) groups excluding carboxylic acids is 2. The summed E-state index contributed by atoms with van der Waals surface area (Å²) in [5.74, 6) is -0.574. The first-order valence-electron chi connectivity index (χ1n) is 8.29. The number of benzene rings is 1. The van der Waals surface area contributed by atoms with Crippen molar-refractivity contribution in [1.82, 2.24) is 15.2 Å². The van der Waals surface area contributed by atoms with Crippen LogP contribution < -0.4 is 15.5 Å². The molecular weight excluding hydrogens is 357 g/mol. The molecule has 1 saturated heterocycles. The van der Waals surface area contributed by atoms with Gasteiger partial charge in [0.05, 0.1) is 0 Å². The highest BCUT2D eigenvalue weighted by molar-refractivity contribution is 7.13. The van der Waals surface area contributed by atoms with Gasteiger partial charge in [-0.15, -0.1) is 11.3 Å². The van der Waals surface area contributed by atoms with E-state index in [-0.39, 0.29) is 17.8 Å². The number of urea groups is 1. The van der Waals surface area contributed by atoms with Gasteiger partial charge in [0, 0.05) is 43.4 Å². The summed E-state index contributed by atoms with van der Waals surface area (Å²) >= 11 is 1.32. The summed E-state index contributed by atoms with van der Waals surface area (Å²) in [5.41, 5.74) is 0.933. The van der Waals surface area contributed by atoms with E-state index >= 15 is 0 Å². The third-order valence-corrected chi connectivity index (χ3v) is 4.84. The van der Waals surface area contributed by atoms with E-state index in [4.69, 9.17) is 0 Å². The highest BCUT2D eigenvalue weighted by atomic mass is 32.1. The monoisotopic (exact) mass is 377 g/mol. The van der Waals surface area contributed by atoms with Gasteiger partial charge in [-0.25, -0.2) is 14.2 Å². The van der Waals surface area contributed by atoms with Crippen LogP contribution in [0.25, 0.3) is 0 Å². The SMILES string of the molecule is C[C@@H](NC(=O)N1CCN(c2ccc(F)cc2)CC1)C(=O)Nc1nccs1. The molecular formula is C17H20FN5O2S. The number of aromatic nitrogens is 1. The summed E-state index contributed by atoms with van der Waals surface area (Å²) in [4.78, 5) is 32.2. The summed E-state index contributed by atoms with van der Waals surface area (Å²) in [6.45, 7) is 4.00. The zero-order valence-corrected chi connectivity index (χ0v) is 15.1. The van der Waals surface area contributed by atoms with Gasteiger partial charge in [-0.1, -0.05) is 0 Å². The minimum atomic E-state index is -0.665. The zero-order chi connectivity index (χ0) is 18.5. The highest BCUT2D eigenvalue weighted by Gasteiger charge is 2.24. The van der Waals surface area contributed by atoms with E-state index in [1.54, 1.807) is 35.5 Å². The maximum Gasteiger partial charge on any atom is 0.318 e. The third kappa shape index (κ3) is 4.48. The van der Waals surface area contributed by atoms with E-state index < -0.39 is 6.04 Å². The Bertz CT molecular complexity index is 745. The molecule has 0 unspecified atom stereocenters. The van der Waals surface area contributed by atoms with Crippen LogP contribution in [0.1, 0.15) is 6.92 Å². The zero-order valence-electron chi connectivity index (χ0n) is 14.3. The van der Waals surface area contributed by atoms with Crippen LogP contribution in [0.5, 0.6) is 0 Å². The van der Waals surface area contributed by atoms with Gasteiger partial charge >= 0.3 is 6.03 Å². The molecule has 7 nitrogen and oxygen atoms in total. The van der Waals surface area contributed by atoms with Crippen LogP contribution in [-0.4, -0.2) is 54.0 Å². The van der Waals surface area contributed by atoms with Crippen LogP contribution in [0, 0.1) is 5.82 Å². The molecule has 0 aliphatic carbocycles. The lowest BCUT2D eigenvalue weighted by Gasteiger charge is -2.36. The molecule has 138 valence electrons. The second-order valence-electron chi connectivity index (χ2n) is 5.95. The van der Waals surface area contributed by atoms with Gasteiger partial charge in [0.1, 0.15) is 11.9 Å². The van der Waals surface area contributed by atoms with Crippen LogP contribution in [0.3, 0.4) is 0 Å². The molecule has 3 amide bonds. The number of anilines is 2. The summed E-state index contributed by atoms with van der Waals surface area (Å²) < 4.78 is 13.0. The fourth-order valence-electron chi connectivity index (χ4n) is 2.66. The molecule has 0 spiro atoms. The fourth-order valence-corrected chi connectivity index (χ4v) is 3.19. The number of rotatable bonds is 4. The van der Waals surface area contributed by atoms with E-state index in [9.17, 15) is 14.0 Å². The lowest BCUT2D eigenvalue weighted by Crippen LogP contribution is -2.54. The molecule has 0 saturated carbocycles. The van der Waals surface area contributed by atoms with Gasteiger partial charge in [0.15, 0.2) is 5.13 Å². The van der Waals surface area contributed by atoms with Crippen LogP contribution in [0.4, 0.5) is 20.0 Å². The van der Waals surface area contributed by atoms with E-state index in [1.807, 2.05) is 0 Å². The van der Waals surface area contributed by atoms with E-state index in [0.29, 0.717) is 31.3 Å². The highest BCUT2D eigenvalue weighted by Crippen LogP contribution is 2.17. The number of piperazine rings is 1. The minimum Gasteiger partial charge on any atom is -0.368 e. The number of halogens is 1. The Morgan fingerprint density at radius 1 is 1.19 bits per heavy atom. The van der Waals surface area contributed by atoms with Gasteiger partial charge in [-0.05, 0) is 31.2 Å². The summed E-state index contributed by atoms with van der Waals surface area (Å²) in [7, 11) is 0. The minimum absolute atomic E-state index is 0.267. The second-order valence-corrected chi connectivity index (χ2v) is 6.84. The lowest BCUT2D eigenvalue weighted by molar-refractivity contribution is -0.117. The average Bonchev–Trinajstić information content (AvgIpc) is 3.15. The predicted molar refractivity (Wildman–Crippen MR) is 98.9 cm³/mol. The number of nitrogens with one attached hydrogen (secondary N) is 2. The third-order valence-electron chi connectivity index (χ3n) is 4.15. The predicted octanol–water partition coefficient (Wildman–Crippen LogP) is 2.14. The molecule has 1 aliphatic heterocycles. The Balaban J connectivity index is 1.47. The molecule has 1 aromatic heterocycles. The molecule has 26 heavy (non-hydrogen) atoms. The standard InChI is InChI=1S/C17H20FN5O2S/c1-12(15(24)21-16-19-6-11-26-16)20-17(25)23-9-7-22(8-10-23)14-4-2-13(18)3-5-14/h2-6,11-12H,7-10H2,1H3,(H,20,25)(H,19,21,24)/t12-/m1/s1. The van der Waals surface area contributed by atoms with Crippen LogP contribution in [0.2, 0.25) is 0 Å². The van der Waals surface area contributed by atoms with Gasteiger partial charge in [0.2, 0.25) is 5.91 Å². The van der Waals surface area contributed by atoms with Crippen LogP contribution in [0.15, 0.2) is 35.8 Å². The van der Waals surface area contributed by atoms with Crippen molar-refractivity contribution in [3.05, 3.63) is 41.7 Å². The molecule has 0 bridgehead atoms. The van der Waals surface area contributed by atoms with Crippen molar-refractivity contribution in [2.24, 2.45) is 0 Å². The maximum absolute atomic E-state index is 13.0. The smallest absolute Gasteiger partial charge is 0.318 e. The van der Waals surface area contributed by atoms with Gasteiger partial charge < -0.3 is 20.4 Å². The molecule has 1 fully saturated rings. The average molecular weight is 377 g/mol. The van der Waals surface area contributed by atoms with E-state index in [0.717, 1.165) is 5.69 Å². The molecule has 0 radical (unpaired) electrons. The van der Waals surface area contributed by atoms with Gasteiger partial charge in [-0.3, -0.25) is 4.79 Å². The fraction of sp³-hybridized carbons (Fsp3) is 0.353. The van der Waals surface area contributed by atoms with Crippen molar-refractivity contribution < 1.29 is 14.0 Å². The molecule has 3 rings (SSSR count). The summed E-state index contributed by atoms with van der Waals surface area (Å²) in [6, 6.07) is 5.38. The number of thiazole rings is 1. The molecule has 1 aromatic carbocycles. The van der Waals surface area contributed by atoms with Crippen LogP contribution >= 0.6 is 11.3 Å². The molecule has 2 N–H and O–H groups in total. The number of hydrogen-bond acceptors (Lipinski definition) is 5. The Labute approximate surface area is 154 Å². The molecule has 2 aromatic rings. The van der Waals surface area contributed by atoms with Gasteiger partial charge in [0.25, 0.3) is 0 Å². The Morgan fingerprint density at radius 3 is 2.50 bits per heavy atom. The van der Waals surface area contributed by atoms with Crippen molar-refractivity contribution in [3.8, 4) is 0 Å². The number of nitrogens with zero attached hydrogens (tertiary/aromatic N) is 3. The molecule has 2 heterocycles. The molecule has 9 heteroatoms. The van der Waals surface area contributed by atoms with Crippen molar-refractivity contribution in [2.45, 2.75) is 13.0 Å². The Hall–Kier alpha value is -2.68. The van der Waals surface area contributed by atoms with Crippen molar-refractivity contribution in [2.75, 3.05) is 36.4 Å². The topological polar surface area (TPSA) is 77.6 Å². The van der Waals surface area contributed by atoms with E-state index in [2.05, 4.69) is 20.5 Å². The Morgan fingerprint density at radius 2 is 1.88 bits per heavy atom. The van der Waals surface area contributed by atoms with E-state index in [1.165, 1.54) is 23.5 Å². The largest absolute Gasteiger partial charge is 0.368 e. The molecule has 1 atom stereocenters. The quantitative estimate of drug-likeness (QED) is 0.856. The number of amides is 3. The molecule has 1 aliphatic rings. The first kappa shape index (κ1) is 18.1.